The molecule has 3 aromatic heterocycles. The quantitative estimate of drug-likeness (QED) is 0.525. The van der Waals surface area contributed by atoms with E-state index in [0.717, 1.165) is 38.5 Å². The van der Waals surface area contributed by atoms with E-state index in [1.807, 2.05) is 42.6 Å². The molecule has 0 bridgehead atoms. The van der Waals surface area contributed by atoms with Gasteiger partial charge in [-0.25, -0.2) is 4.98 Å². The zero-order valence-electron chi connectivity index (χ0n) is 17.0. The Morgan fingerprint density at radius 2 is 2.19 bits per heavy atom. The van der Waals surface area contributed by atoms with Gasteiger partial charge in [0.25, 0.3) is 0 Å². The van der Waals surface area contributed by atoms with E-state index < -0.39 is 6.04 Å². The fourth-order valence-corrected chi connectivity index (χ4v) is 3.68. The Kier molecular flexibility index (Phi) is 4.66. The Bertz CT molecular complexity index is 1350. The fourth-order valence-electron chi connectivity index (χ4n) is 3.68. The number of benzene rings is 1. The SMILES string of the molecule is CC(C(=O)NCc1cccnc1)n1cc2c(N)nc3cc(C4=CC=NC4)ccc3c2n1. The van der Waals surface area contributed by atoms with Gasteiger partial charge in [0.1, 0.15) is 17.4 Å². The van der Waals surface area contributed by atoms with Crippen LogP contribution in [-0.4, -0.2) is 38.4 Å². The van der Waals surface area contributed by atoms with Crippen molar-refractivity contribution >= 4 is 45.3 Å². The average Bonchev–Trinajstić information content (AvgIpc) is 3.48. The molecule has 0 saturated carbocycles. The second-order valence-electron chi connectivity index (χ2n) is 7.54. The summed E-state index contributed by atoms with van der Waals surface area (Å²) in [6.45, 7) is 2.89. The highest BCUT2D eigenvalue weighted by Crippen LogP contribution is 2.30. The number of amides is 1. The first-order valence-corrected chi connectivity index (χ1v) is 10.0. The molecule has 1 aliphatic heterocycles. The lowest BCUT2D eigenvalue weighted by Gasteiger charge is -2.12. The second-order valence-corrected chi connectivity index (χ2v) is 7.54. The van der Waals surface area contributed by atoms with Crippen LogP contribution in [0, 0.1) is 0 Å². The lowest BCUT2D eigenvalue weighted by atomic mass is 10.0. The molecule has 8 nitrogen and oxygen atoms in total. The van der Waals surface area contributed by atoms with Crippen molar-refractivity contribution in [2.24, 2.45) is 4.99 Å². The molecule has 154 valence electrons. The minimum absolute atomic E-state index is 0.136. The van der Waals surface area contributed by atoms with E-state index in [-0.39, 0.29) is 5.91 Å². The Balaban J connectivity index is 1.45. The van der Waals surface area contributed by atoms with Gasteiger partial charge < -0.3 is 11.1 Å². The van der Waals surface area contributed by atoms with Crippen LogP contribution in [-0.2, 0) is 11.3 Å². The zero-order chi connectivity index (χ0) is 21.4. The van der Waals surface area contributed by atoms with Gasteiger partial charge in [-0.05, 0) is 47.9 Å². The van der Waals surface area contributed by atoms with E-state index >= 15 is 0 Å². The number of nitrogen functional groups attached to an aromatic ring is 1. The van der Waals surface area contributed by atoms with E-state index in [1.165, 1.54) is 0 Å². The van der Waals surface area contributed by atoms with E-state index in [2.05, 4.69) is 25.4 Å². The molecule has 3 N–H and O–H groups in total. The van der Waals surface area contributed by atoms with Crippen LogP contribution in [0.2, 0.25) is 0 Å². The summed E-state index contributed by atoms with van der Waals surface area (Å²) >= 11 is 0. The van der Waals surface area contributed by atoms with Crippen molar-refractivity contribution < 1.29 is 4.79 Å². The van der Waals surface area contributed by atoms with Gasteiger partial charge in [-0.3, -0.25) is 19.5 Å². The fraction of sp³-hybridized carbons (Fsp3) is 0.174. The molecule has 1 atom stereocenters. The molecular weight excluding hydrogens is 390 g/mol. The summed E-state index contributed by atoms with van der Waals surface area (Å²) in [6, 6.07) is 9.31. The number of anilines is 1. The number of aliphatic imine (C=N–C) groups is 1. The summed E-state index contributed by atoms with van der Waals surface area (Å²) in [6.07, 6.45) is 9.03. The van der Waals surface area contributed by atoms with Crippen LogP contribution in [0.25, 0.3) is 27.4 Å². The Morgan fingerprint density at radius 1 is 1.29 bits per heavy atom. The first kappa shape index (κ1) is 18.9. The van der Waals surface area contributed by atoms with Gasteiger partial charge in [0.05, 0.1) is 17.4 Å². The topological polar surface area (TPSA) is 111 Å². The molecule has 31 heavy (non-hydrogen) atoms. The number of nitrogens with one attached hydrogen (secondary N) is 1. The maximum Gasteiger partial charge on any atom is 0.244 e. The molecule has 0 aliphatic carbocycles. The molecule has 4 heterocycles. The Morgan fingerprint density at radius 3 is 2.97 bits per heavy atom. The van der Waals surface area contributed by atoms with Crippen molar-refractivity contribution in [2.45, 2.75) is 19.5 Å². The van der Waals surface area contributed by atoms with E-state index in [0.29, 0.717) is 18.9 Å². The van der Waals surface area contributed by atoms with Crippen molar-refractivity contribution in [3.05, 3.63) is 66.1 Å². The predicted molar refractivity (Wildman–Crippen MR) is 122 cm³/mol. The van der Waals surface area contributed by atoms with Gasteiger partial charge in [0.2, 0.25) is 5.91 Å². The smallest absolute Gasteiger partial charge is 0.244 e. The third kappa shape index (κ3) is 3.52. The van der Waals surface area contributed by atoms with E-state index in [4.69, 9.17) is 5.73 Å². The third-order valence-electron chi connectivity index (χ3n) is 5.48. The number of nitrogens with two attached hydrogens (primary N) is 1. The van der Waals surface area contributed by atoms with E-state index in [1.54, 1.807) is 30.2 Å². The highest BCUT2D eigenvalue weighted by molar-refractivity contribution is 6.08. The minimum atomic E-state index is -0.501. The summed E-state index contributed by atoms with van der Waals surface area (Å²) in [4.78, 5) is 25.6. The van der Waals surface area contributed by atoms with Crippen LogP contribution in [0.4, 0.5) is 5.82 Å². The zero-order valence-corrected chi connectivity index (χ0v) is 17.0. The monoisotopic (exact) mass is 411 g/mol. The number of fused-ring (bicyclic) bond motifs is 3. The maximum atomic E-state index is 12.7. The Hall–Kier alpha value is -4.07. The van der Waals surface area contributed by atoms with Gasteiger partial charge in [-0.2, -0.15) is 5.10 Å². The van der Waals surface area contributed by atoms with Crippen molar-refractivity contribution in [1.29, 1.82) is 0 Å². The predicted octanol–water partition coefficient (Wildman–Crippen LogP) is 2.91. The van der Waals surface area contributed by atoms with Crippen LogP contribution in [0.1, 0.15) is 24.1 Å². The standard InChI is InChI=1S/C23H21N7O/c1-14(23(31)27-11-15-3-2-7-25-10-15)30-13-19-21(29-30)18-5-4-16(17-6-8-26-12-17)9-20(18)28-22(19)24/h2-10,13-14H,11-12H2,1H3,(H2,24,28)(H,27,31). The number of hydrogen-bond acceptors (Lipinski definition) is 6. The van der Waals surface area contributed by atoms with E-state index in [9.17, 15) is 4.79 Å². The van der Waals surface area contributed by atoms with Crippen LogP contribution >= 0.6 is 0 Å². The largest absolute Gasteiger partial charge is 0.383 e. The number of pyridine rings is 2. The number of carbonyl (C=O) groups excluding carboxylic acids is 1. The van der Waals surface area contributed by atoms with Crippen molar-refractivity contribution in [3.8, 4) is 0 Å². The van der Waals surface area contributed by atoms with Gasteiger partial charge in [0.15, 0.2) is 0 Å². The molecule has 1 aromatic carbocycles. The molecular formula is C23H21N7O. The lowest BCUT2D eigenvalue weighted by Crippen LogP contribution is -2.30. The lowest BCUT2D eigenvalue weighted by molar-refractivity contribution is -0.124. The molecule has 1 amide bonds. The minimum Gasteiger partial charge on any atom is -0.383 e. The Labute approximate surface area is 178 Å². The molecule has 0 radical (unpaired) electrons. The molecule has 5 rings (SSSR count). The number of carbonyl (C=O) groups is 1. The molecule has 0 spiro atoms. The van der Waals surface area contributed by atoms with Gasteiger partial charge >= 0.3 is 0 Å². The first-order valence-electron chi connectivity index (χ1n) is 10.0. The second kappa shape index (κ2) is 7.64. The van der Waals surface area contributed by atoms with Gasteiger partial charge in [-0.1, -0.05) is 12.1 Å². The van der Waals surface area contributed by atoms with Crippen molar-refractivity contribution in [3.63, 3.8) is 0 Å². The third-order valence-corrected chi connectivity index (χ3v) is 5.48. The molecule has 4 aromatic rings. The molecule has 0 saturated heterocycles. The average molecular weight is 411 g/mol. The summed E-state index contributed by atoms with van der Waals surface area (Å²) in [5, 5.41) is 9.25. The van der Waals surface area contributed by atoms with Crippen LogP contribution < -0.4 is 11.1 Å². The van der Waals surface area contributed by atoms with Crippen molar-refractivity contribution in [1.82, 2.24) is 25.1 Å². The molecule has 1 aliphatic rings. The highest BCUT2D eigenvalue weighted by atomic mass is 16.2. The number of allylic oxidation sites excluding steroid dienone is 1. The van der Waals surface area contributed by atoms with Gasteiger partial charge in [0, 0.05) is 36.7 Å². The van der Waals surface area contributed by atoms with Crippen LogP contribution in [0.3, 0.4) is 0 Å². The molecule has 1 unspecified atom stereocenters. The normalized spacial score (nSPS) is 14.2. The summed E-state index contributed by atoms with van der Waals surface area (Å²) in [7, 11) is 0. The number of aromatic nitrogens is 4. The van der Waals surface area contributed by atoms with Crippen LogP contribution in [0.15, 0.2) is 60.0 Å². The molecule has 0 fully saturated rings. The number of hydrogen-bond donors (Lipinski definition) is 2. The summed E-state index contributed by atoms with van der Waals surface area (Å²) in [5.41, 5.74) is 10.9. The number of nitrogens with zero attached hydrogens (tertiary/aromatic N) is 5. The molecule has 8 heteroatoms. The highest BCUT2D eigenvalue weighted by Gasteiger charge is 2.19. The summed E-state index contributed by atoms with van der Waals surface area (Å²) in [5.74, 6) is 0.258. The maximum absolute atomic E-state index is 12.7. The van der Waals surface area contributed by atoms with Crippen LogP contribution in [0.5, 0.6) is 0 Å². The number of rotatable bonds is 5. The van der Waals surface area contributed by atoms with Crippen molar-refractivity contribution in [2.75, 3.05) is 12.3 Å². The summed E-state index contributed by atoms with van der Waals surface area (Å²) < 4.78 is 1.64. The van der Waals surface area contributed by atoms with Gasteiger partial charge in [-0.15, -0.1) is 0 Å². The first-order chi connectivity index (χ1) is 15.1.